The number of alkyl carbamates (subject to hydrolysis) is 1. The SMILES string of the molecule is CC(C)(C)OC(=O)NC[C@](C)(O)C(=O)Nc1ccc(Oc2ccc(Cl)cc2)cc1. The summed E-state index contributed by atoms with van der Waals surface area (Å²) in [5, 5.41) is 15.9. The Morgan fingerprint density at radius 1 is 0.966 bits per heavy atom. The fourth-order valence-corrected chi connectivity index (χ4v) is 2.28. The van der Waals surface area contributed by atoms with E-state index >= 15 is 0 Å². The first-order valence-corrected chi connectivity index (χ1v) is 9.37. The van der Waals surface area contributed by atoms with E-state index in [1.165, 1.54) is 6.92 Å². The molecule has 2 amide bonds. The van der Waals surface area contributed by atoms with E-state index in [0.29, 0.717) is 22.2 Å². The number of nitrogens with one attached hydrogen (secondary N) is 2. The molecule has 1 atom stereocenters. The van der Waals surface area contributed by atoms with Crippen LogP contribution < -0.4 is 15.4 Å². The predicted octanol–water partition coefficient (Wildman–Crippen LogP) is 4.35. The van der Waals surface area contributed by atoms with Crippen molar-refractivity contribution in [1.29, 1.82) is 0 Å². The van der Waals surface area contributed by atoms with E-state index in [9.17, 15) is 14.7 Å². The molecule has 0 aliphatic rings. The zero-order chi connectivity index (χ0) is 21.7. The summed E-state index contributed by atoms with van der Waals surface area (Å²) in [7, 11) is 0. The third-order valence-corrected chi connectivity index (χ3v) is 3.88. The lowest BCUT2D eigenvalue weighted by molar-refractivity contribution is -0.131. The highest BCUT2D eigenvalue weighted by Gasteiger charge is 2.31. The summed E-state index contributed by atoms with van der Waals surface area (Å²) >= 11 is 5.84. The average molecular weight is 421 g/mol. The van der Waals surface area contributed by atoms with Crippen LogP contribution >= 0.6 is 11.6 Å². The molecular formula is C21H25ClN2O5. The van der Waals surface area contributed by atoms with Gasteiger partial charge in [0.1, 0.15) is 17.1 Å². The first-order chi connectivity index (χ1) is 13.4. The fraction of sp³-hybridized carbons (Fsp3) is 0.333. The molecule has 0 spiro atoms. The van der Waals surface area contributed by atoms with Gasteiger partial charge in [0.25, 0.3) is 5.91 Å². The lowest BCUT2D eigenvalue weighted by atomic mass is 10.1. The summed E-state index contributed by atoms with van der Waals surface area (Å²) in [5.74, 6) is 0.533. The van der Waals surface area contributed by atoms with E-state index in [2.05, 4.69) is 10.6 Å². The second-order valence-electron chi connectivity index (χ2n) is 7.66. The Morgan fingerprint density at radius 3 is 2.00 bits per heavy atom. The number of ether oxygens (including phenoxy) is 2. The van der Waals surface area contributed by atoms with Gasteiger partial charge >= 0.3 is 6.09 Å². The smallest absolute Gasteiger partial charge is 0.407 e. The van der Waals surface area contributed by atoms with Crippen molar-refractivity contribution in [3.05, 3.63) is 53.6 Å². The molecule has 0 fully saturated rings. The molecule has 0 aromatic heterocycles. The number of carbonyl (C=O) groups is 2. The molecule has 0 unspecified atom stereocenters. The molecule has 0 aliphatic heterocycles. The molecule has 156 valence electrons. The van der Waals surface area contributed by atoms with Gasteiger partial charge in [-0.1, -0.05) is 11.6 Å². The highest BCUT2D eigenvalue weighted by molar-refractivity contribution is 6.30. The Labute approximate surface area is 175 Å². The van der Waals surface area contributed by atoms with Gasteiger partial charge in [0.15, 0.2) is 5.60 Å². The van der Waals surface area contributed by atoms with E-state index < -0.39 is 23.2 Å². The number of anilines is 1. The van der Waals surface area contributed by atoms with Gasteiger partial charge in [0.05, 0.1) is 6.54 Å². The predicted molar refractivity (Wildman–Crippen MR) is 111 cm³/mol. The van der Waals surface area contributed by atoms with Crippen molar-refractivity contribution in [3.63, 3.8) is 0 Å². The van der Waals surface area contributed by atoms with Gasteiger partial charge in [-0.25, -0.2) is 4.79 Å². The number of benzene rings is 2. The number of carbonyl (C=O) groups excluding carboxylic acids is 2. The van der Waals surface area contributed by atoms with Crippen LogP contribution in [-0.4, -0.2) is 34.9 Å². The quantitative estimate of drug-likeness (QED) is 0.645. The molecule has 0 radical (unpaired) electrons. The topological polar surface area (TPSA) is 96.9 Å². The van der Waals surface area contributed by atoms with Crippen molar-refractivity contribution in [3.8, 4) is 11.5 Å². The minimum atomic E-state index is -1.82. The van der Waals surface area contributed by atoms with Crippen molar-refractivity contribution in [2.45, 2.75) is 38.9 Å². The summed E-state index contributed by atoms with van der Waals surface area (Å²) in [6.45, 7) is 6.16. The van der Waals surface area contributed by atoms with Crippen molar-refractivity contribution in [2.24, 2.45) is 0 Å². The third-order valence-electron chi connectivity index (χ3n) is 3.63. The first-order valence-electron chi connectivity index (χ1n) is 8.99. The van der Waals surface area contributed by atoms with Gasteiger partial charge in [-0.15, -0.1) is 0 Å². The van der Waals surface area contributed by atoms with Gasteiger partial charge < -0.3 is 25.2 Å². The maximum absolute atomic E-state index is 12.3. The van der Waals surface area contributed by atoms with E-state index in [-0.39, 0.29) is 6.54 Å². The maximum atomic E-state index is 12.3. The van der Waals surface area contributed by atoms with Gasteiger partial charge in [-0.05, 0) is 76.2 Å². The van der Waals surface area contributed by atoms with Crippen LogP contribution in [0.25, 0.3) is 0 Å². The third kappa shape index (κ3) is 7.63. The minimum absolute atomic E-state index is 0.300. The van der Waals surface area contributed by atoms with Crippen LogP contribution in [0.4, 0.5) is 10.5 Å². The molecule has 2 rings (SSSR count). The number of amides is 2. The number of rotatable bonds is 6. The summed E-state index contributed by atoms with van der Waals surface area (Å²) in [5.41, 5.74) is -2.03. The van der Waals surface area contributed by atoms with Crippen LogP contribution in [0.2, 0.25) is 5.02 Å². The van der Waals surface area contributed by atoms with Gasteiger partial charge in [-0.2, -0.15) is 0 Å². The molecule has 3 N–H and O–H groups in total. The minimum Gasteiger partial charge on any atom is -0.457 e. The van der Waals surface area contributed by atoms with Crippen LogP contribution in [0.3, 0.4) is 0 Å². The molecule has 8 heteroatoms. The molecule has 2 aromatic carbocycles. The molecule has 29 heavy (non-hydrogen) atoms. The molecule has 2 aromatic rings. The Kier molecular flexibility index (Phi) is 7.11. The molecule has 0 aliphatic carbocycles. The Hall–Kier alpha value is -2.77. The normalized spacial score (nSPS) is 13.2. The van der Waals surface area contributed by atoms with Gasteiger partial charge in [-0.3, -0.25) is 4.79 Å². The molecule has 7 nitrogen and oxygen atoms in total. The lowest BCUT2D eigenvalue weighted by Crippen LogP contribution is -2.50. The van der Waals surface area contributed by atoms with Crippen molar-refractivity contribution in [1.82, 2.24) is 5.32 Å². The van der Waals surface area contributed by atoms with E-state index in [1.54, 1.807) is 69.3 Å². The summed E-state index contributed by atoms with van der Waals surface area (Å²) in [6.07, 6.45) is -0.714. The van der Waals surface area contributed by atoms with Gasteiger partial charge in [0.2, 0.25) is 0 Å². The summed E-state index contributed by atoms with van der Waals surface area (Å²) in [6, 6.07) is 13.6. The Morgan fingerprint density at radius 2 is 1.48 bits per heavy atom. The average Bonchev–Trinajstić information content (AvgIpc) is 2.62. The number of hydrogen-bond acceptors (Lipinski definition) is 5. The van der Waals surface area contributed by atoms with Crippen molar-refractivity contribution in [2.75, 3.05) is 11.9 Å². The lowest BCUT2D eigenvalue weighted by Gasteiger charge is -2.24. The van der Waals surface area contributed by atoms with Crippen molar-refractivity contribution < 1.29 is 24.2 Å². The largest absolute Gasteiger partial charge is 0.457 e. The van der Waals surface area contributed by atoms with Crippen LogP contribution in [0, 0.1) is 0 Å². The Bertz CT molecular complexity index is 843. The molecule has 0 saturated heterocycles. The van der Waals surface area contributed by atoms with Crippen LogP contribution in [0.15, 0.2) is 48.5 Å². The van der Waals surface area contributed by atoms with Crippen molar-refractivity contribution >= 4 is 29.3 Å². The molecular weight excluding hydrogens is 396 g/mol. The number of hydrogen-bond donors (Lipinski definition) is 3. The number of halogens is 1. The standard InChI is InChI=1S/C21H25ClN2O5/c1-20(2,3)29-19(26)23-13-21(4,27)18(25)24-15-7-11-17(12-8-15)28-16-9-5-14(22)6-10-16/h5-12,27H,13H2,1-4H3,(H,23,26)(H,24,25)/t21-/m0/s1. The zero-order valence-corrected chi connectivity index (χ0v) is 17.5. The highest BCUT2D eigenvalue weighted by atomic mass is 35.5. The summed E-state index contributed by atoms with van der Waals surface area (Å²) in [4.78, 5) is 24.0. The van der Waals surface area contributed by atoms with E-state index in [4.69, 9.17) is 21.1 Å². The fourth-order valence-electron chi connectivity index (χ4n) is 2.15. The second kappa shape index (κ2) is 9.15. The second-order valence-corrected chi connectivity index (χ2v) is 8.10. The van der Waals surface area contributed by atoms with E-state index in [1.807, 2.05) is 0 Å². The molecule has 0 heterocycles. The first kappa shape index (κ1) is 22.5. The Balaban J connectivity index is 1.90. The zero-order valence-electron chi connectivity index (χ0n) is 16.8. The van der Waals surface area contributed by atoms with Crippen LogP contribution in [0.1, 0.15) is 27.7 Å². The highest BCUT2D eigenvalue weighted by Crippen LogP contribution is 2.24. The molecule has 0 bridgehead atoms. The molecule has 0 saturated carbocycles. The van der Waals surface area contributed by atoms with Crippen LogP contribution in [-0.2, 0) is 9.53 Å². The number of aliphatic hydroxyl groups is 1. The maximum Gasteiger partial charge on any atom is 0.407 e. The monoisotopic (exact) mass is 420 g/mol. The van der Waals surface area contributed by atoms with E-state index in [0.717, 1.165) is 0 Å². The van der Waals surface area contributed by atoms with Gasteiger partial charge in [0, 0.05) is 10.7 Å². The van der Waals surface area contributed by atoms with Crippen LogP contribution in [0.5, 0.6) is 11.5 Å². The summed E-state index contributed by atoms with van der Waals surface area (Å²) < 4.78 is 10.8.